The molecule has 0 saturated heterocycles. The van der Waals surface area contributed by atoms with Crippen LogP contribution >= 0.6 is 0 Å². The van der Waals surface area contributed by atoms with Crippen molar-refractivity contribution in [2.75, 3.05) is 0 Å². The van der Waals surface area contributed by atoms with E-state index in [2.05, 4.69) is 4.98 Å². The van der Waals surface area contributed by atoms with E-state index >= 15 is 0 Å². The molecular formula is C22H22N2O4. The molecule has 2 aromatic carbocycles. The number of hydrogen-bond acceptors (Lipinski definition) is 6. The lowest BCUT2D eigenvalue weighted by molar-refractivity contribution is -0.146. The fourth-order valence-electron chi connectivity index (χ4n) is 2.35. The average molecular weight is 378 g/mol. The van der Waals surface area contributed by atoms with E-state index in [1.807, 2.05) is 48.5 Å². The molecule has 0 aliphatic heterocycles. The molecule has 1 heterocycles. The number of aldehydes is 1. The largest absolute Gasteiger partial charge is 0.508 e. The number of carbonyl (C=O) groups is 2. The van der Waals surface area contributed by atoms with Crippen LogP contribution in [0.15, 0.2) is 79.1 Å². The van der Waals surface area contributed by atoms with Crippen LogP contribution in [0.3, 0.4) is 0 Å². The molecule has 6 nitrogen and oxygen atoms in total. The van der Waals surface area contributed by atoms with Crippen molar-refractivity contribution in [2.45, 2.75) is 19.1 Å². The second kappa shape index (κ2) is 11.3. The van der Waals surface area contributed by atoms with Crippen molar-refractivity contribution in [1.29, 1.82) is 0 Å². The topological polar surface area (TPSA) is 103 Å². The van der Waals surface area contributed by atoms with Crippen molar-refractivity contribution in [1.82, 2.24) is 4.98 Å². The van der Waals surface area contributed by atoms with Gasteiger partial charge in [-0.1, -0.05) is 42.5 Å². The molecule has 0 aliphatic rings. The Morgan fingerprint density at radius 3 is 2.32 bits per heavy atom. The van der Waals surface area contributed by atoms with Gasteiger partial charge in [-0.15, -0.1) is 0 Å². The molecule has 0 bridgehead atoms. The Morgan fingerprint density at radius 1 is 1.07 bits per heavy atom. The zero-order valence-electron chi connectivity index (χ0n) is 15.3. The third kappa shape index (κ3) is 7.01. The first-order valence-corrected chi connectivity index (χ1v) is 8.68. The van der Waals surface area contributed by atoms with Crippen molar-refractivity contribution in [3.05, 3.63) is 95.8 Å². The van der Waals surface area contributed by atoms with E-state index in [-0.39, 0.29) is 18.8 Å². The Labute approximate surface area is 163 Å². The Hall–Kier alpha value is -3.51. The molecule has 0 fully saturated rings. The average Bonchev–Trinajstić information content (AvgIpc) is 2.75. The van der Waals surface area contributed by atoms with Gasteiger partial charge < -0.3 is 15.6 Å². The van der Waals surface area contributed by atoms with E-state index < -0.39 is 12.0 Å². The number of aromatic nitrogens is 1. The first-order valence-electron chi connectivity index (χ1n) is 8.68. The molecule has 3 rings (SSSR count). The molecule has 0 saturated carbocycles. The van der Waals surface area contributed by atoms with Crippen LogP contribution in [0.1, 0.15) is 21.5 Å². The molecule has 1 aromatic heterocycles. The van der Waals surface area contributed by atoms with Gasteiger partial charge in [0.25, 0.3) is 0 Å². The van der Waals surface area contributed by atoms with Gasteiger partial charge in [-0.25, -0.2) is 0 Å². The van der Waals surface area contributed by atoms with Crippen LogP contribution in [0.2, 0.25) is 0 Å². The van der Waals surface area contributed by atoms with Crippen molar-refractivity contribution < 1.29 is 19.4 Å². The Kier molecular flexibility index (Phi) is 8.36. The second-order valence-corrected chi connectivity index (χ2v) is 5.93. The minimum absolute atomic E-state index is 0.00826. The van der Waals surface area contributed by atoms with Crippen molar-refractivity contribution in [2.24, 2.45) is 5.73 Å². The van der Waals surface area contributed by atoms with Crippen LogP contribution in [-0.4, -0.2) is 28.4 Å². The summed E-state index contributed by atoms with van der Waals surface area (Å²) in [6, 6.07) is 18.5. The maximum absolute atomic E-state index is 11.9. The highest BCUT2D eigenvalue weighted by atomic mass is 16.5. The van der Waals surface area contributed by atoms with E-state index in [4.69, 9.17) is 10.5 Å². The van der Waals surface area contributed by atoms with Crippen LogP contribution in [0, 0.1) is 0 Å². The summed E-state index contributed by atoms with van der Waals surface area (Å²) < 4.78 is 5.16. The van der Waals surface area contributed by atoms with Crippen LogP contribution in [-0.2, 0) is 22.6 Å². The number of esters is 1. The number of pyridine rings is 1. The van der Waals surface area contributed by atoms with Crippen LogP contribution in [0.4, 0.5) is 0 Å². The van der Waals surface area contributed by atoms with Crippen LogP contribution in [0.25, 0.3) is 0 Å². The van der Waals surface area contributed by atoms with E-state index in [1.54, 1.807) is 18.5 Å². The van der Waals surface area contributed by atoms with Gasteiger partial charge in [0.15, 0.2) is 0 Å². The fraction of sp³-hybridized carbons (Fsp3) is 0.136. The summed E-state index contributed by atoms with van der Waals surface area (Å²) >= 11 is 0. The number of aromatic hydroxyl groups is 1. The number of benzene rings is 2. The van der Waals surface area contributed by atoms with Gasteiger partial charge in [0, 0.05) is 18.0 Å². The van der Waals surface area contributed by atoms with Crippen molar-refractivity contribution >= 4 is 12.3 Å². The fourth-order valence-corrected chi connectivity index (χ4v) is 2.35. The first-order chi connectivity index (χ1) is 13.6. The number of nitrogens with two attached hydrogens (primary N) is 1. The summed E-state index contributed by atoms with van der Waals surface area (Å²) in [6.45, 7) is 0.156. The Morgan fingerprint density at radius 2 is 1.75 bits per heavy atom. The van der Waals surface area contributed by atoms with Gasteiger partial charge in [0.2, 0.25) is 0 Å². The lowest BCUT2D eigenvalue weighted by Crippen LogP contribution is -2.34. The summed E-state index contributed by atoms with van der Waals surface area (Å²) in [5.41, 5.74) is 7.60. The third-order valence-corrected chi connectivity index (χ3v) is 3.79. The number of carbonyl (C=O) groups excluding carboxylic acids is 2. The molecule has 0 amide bonds. The molecule has 6 heteroatoms. The quantitative estimate of drug-likeness (QED) is 0.505. The van der Waals surface area contributed by atoms with E-state index in [0.29, 0.717) is 17.4 Å². The van der Waals surface area contributed by atoms with Crippen LogP contribution in [0.5, 0.6) is 5.75 Å². The number of phenolic OH excluding ortho intramolecular Hbond substituents is 1. The summed E-state index contributed by atoms with van der Waals surface area (Å²) in [6.07, 6.45) is 4.29. The first kappa shape index (κ1) is 20.8. The van der Waals surface area contributed by atoms with Crippen LogP contribution < -0.4 is 5.73 Å². The number of rotatable bonds is 6. The summed E-state index contributed by atoms with van der Waals surface area (Å²) in [4.78, 5) is 26.7. The number of hydrogen-bond donors (Lipinski definition) is 2. The normalized spacial score (nSPS) is 10.9. The molecular weight excluding hydrogens is 356 g/mol. The standard InChI is InChI=1S/C17H17NO4.C5H5N/c18-16(9-13-6-7-15(20)8-14(13)10-19)17(21)22-11-12-4-2-1-3-5-12;1-2-4-6-5-3-1/h1-8,10,16,20H,9,11,18H2;1-5H. The van der Waals surface area contributed by atoms with Gasteiger partial charge in [-0.2, -0.15) is 0 Å². The van der Waals surface area contributed by atoms with E-state index in [9.17, 15) is 14.7 Å². The van der Waals surface area contributed by atoms with E-state index in [1.165, 1.54) is 12.1 Å². The highest BCUT2D eigenvalue weighted by Crippen LogP contribution is 2.16. The molecule has 0 spiro atoms. The molecule has 3 N–H and O–H groups in total. The highest BCUT2D eigenvalue weighted by Gasteiger charge is 2.17. The van der Waals surface area contributed by atoms with Crippen molar-refractivity contribution in [3.63, 3.8) is 0 Å². The van der Waals surface area contributed by atoms with Gasteiger partial charge in [0.05, 0.1) is 0 Å². The summed E-state index contributed by atoms with van der Waals surface area (Å²) in [5, 5.41) is 9.34. The van der Waals surface area contributed by atoms with Crippen molar-refractivity contribution in [3.8, 4) is 5.75 Å². The SMILES string of the molecule is NC(Cc1ccc(O)cc1C=O)C(=O)OCc1ccccc1.c1ccncc1. The minimum Gasteiger partial charge on any atom is -0.508 e. The predicted molar refractivity (Wildman–Crippen MR) is 106 cm³/mol. The Bertz CT molecular complexity index is 844. The zero-order chi connectivity index (χ0) is 20.2. The number of phenols is 1. The van der Waals surface area contributed by atoms with Gasteiger partial charge in [0.1, 0.15) is 24.7 Å². The number of ether oxygens (including phenoxy) is 1. The molecule has 1 atom stereocenters. The monoisotopic (exact) mass is 378 g/mol. The molecule has 3 aromatic rings. The van der Waals surface area contributed by atoms with E-state index in [0.717, 1.165) is 5.56 Å². The molecule has 1 unspecified atom stereocenters. The maximum atomic E-state index is 11.9. The van der Waals surface area contributed by atoms with Gasteiger partial charge in [-0.05, 0) is 41.8 Å². The third-order valence-electron chi connectivity index (χ3n) is 3.79. The molecule has 0 radical (unpaired) electrons. The number of nitrogens with zero attached hydrogens (tertiary/aromatic N) is 1. The van der Waals surface area contributed by atoms with Gasteiger partial charge >= 0.3 is 5.97 Å². The lowest BCUT2D eigenvalue weighted by Gasteiger charge is -2.13. The van der Waals surface area contributed by atoms with Gasteiger partial charge in [-0.3, -0.25) is 14.6 Å². The highest BCUT2D eigenvalue weighted by molar-refractivity contribution is 5.80. The smallest absolute Gasteiger partial charge is 0.323 e. The molecule has 144 valence electrons. The maximum Gasteiger partial charge on any atom is 0.323 e. The zero-order valence-corrected chi connectivity index (χ0v) is 15.3. The predicted octanol–water partition coefficient (Wildman–Crippen LogP) is 2.90. The summed E-state index contributed by atoms with van der Waals surface area (Å²) in [5.74, 6) is -0.542. The Balaban J connectivity index is 0.000000397. The molecule has 28 heavy (non-hydrogen) atoms. The second-order valence-electron chi connectivity index (χ2n) is 5.93. The molecule has 0 aliphatic carbocycles. The lowest BCUT2D eigenvalue weighted by atomic mass is 10.0. The summed E-state index contributed by atoms with van der Waals surface area (Å²) in [7, 11) is 0. The minimum atomic E-state index is -0.869.